The molecule has 8 nitrogen and oxygen atoms in total. The molecule has 4 N–H and O–H groups in total. The van der Waals surface area contributed by atoms with Crippen LogP contribution >= 0.6 is 0 Å². The topological polar surface area (TPSA) is 127 Å². The van der Waals surface area contributed by atoms with Gasteiger partial charge in [0.25, 0.3) is 5.91 Å². The van der Waals surface area contributed by atoms with Crippen LogP contribution in [0, 0.1) is 0 Å². The number of nitrogens with two attached hydrogens (primary N) is 1. The molecule has 1 amide bonds. The van der Waals surface area contributed by atoms with Crippen molar-refractivity contribution < 1.29 is 14.7 Å². The number of carboxylic acid groups (broad SMARTS) is 1. The molecule has 4 aromatic rings. The number of amides is 1. The standard InChI is InChI=1S/C16H11N5O3/c17-15(22)14-10-5-6-12-11(13(10)19-20-14)7-18-21(12)9-3-1-8(2-4-9)16(23)24/h1-7H,(H2,17,22)(H,19,20)(H,23,24). The van der Waals surface area contributed by atoms with E-state index in [1.165, 1.54) is 12.1 Å². The van der Waals surface area contributed by atoms with Crippen molar-refractivity contribution in [2.24, 2.45) is 5.73 Å². The summed E-state index contributed by atoms with van der Waals surface area (Å²) in [6.45, 7) is 0. The van der Waals surface area contributed by atoms with Crippen molar-refractivity contribution in [3.8, 4) is 5.69 Å². The van der Waals surface area contributed by atoms with Crippen molar-refractivity contribution in [2.45, 2.75) is 0 Å². The maximum Gasteiger partial charge on any atom is 0.335 e. The molecule has 4 rings (SSSR count). The Kier molecular flexibility index (Phi) is 2.86. The number of hydrogen-bond donors (Lipinski definition) is 3. The van der Waals surface area contributed by atoms with Crippen LogP contribution in [0.1, 0.15) is 20.8 Å². The summed E-state index contributed by atoms with van der Waals surface area (Å²) in [4.78, 5) is 22.3. The molecule has 0 atom stereocenters. The van der Waals surface area contributed by atoms with E-state index in [1.54, 1.807) is 29.1 Å². The summed E-state index contributed by atoms with van der Waals surface area (Å²) in [6, 6.07) is 9.97. The predicted octanol–water partition coefficient (Wildman–Crippen LogP) is 1.70. The number of carbonyl (C=O) groups is 2. The predicted molar refractivity (Wildman–Crippen MR) is 86.2 cm³/mol. The molecule has 0 aliphatic heterocycles. The molecule has 0 aliphatic rings. The molecule has 0 bridgehead atoms. The normalized spacial score (nSPS) is 11.2. The molecule has 24 heavy (non-hydrogen) atoms. The highest BCUT2D eigenvalue weighted by atomic mass is 16.4. The largest absolute Gasteiger partial charge is 0.478 e. The van der Waals surface area contributed by atoms with Gasteiger partial charge >= 0.3 is 5.97 Å². The minimum atomic E-state index is -0.981. The van der Waals surface area contributed by atoms with Crippen LogP contribution in [0.4, 0.5) is 0 Å². The van der Waals surface area contributed by atoms with Gasteiger partial charge in [0.2, 0.25) is 0 Å². The second-order valence-corrected chi connectivity index (χ2v) is 5.27. The Morgan fingerprint density at radius 3 is 2.50 bits per heavy atom. The maximum atomic E-state index is 11.4. The zero-order valence-electron chi connectivity index (χ0n) is 12.2. The molecule has 0 fully saturated rings. The second kappa shape index (κ2) is 4.92. The van der Waals surface area contributed by atoms with Gasteiger partial charge in [0.05, 0.1) is 28.5 Å². The molecule has 8 heteroatoms. The summed E-state index contributed by atoms with van der Waals surface area (Å²) in [5.41, 5.74) is 7.90. The molecule has 0 radical (unpaired) electrons. The lowest BCUT2D eigenvalue weighted by Crippen LogP contribution is -2.11. The summed E-state index contributed by atoms with van der Waals surface area (Å²) < 4.78 is 1.69. The fraction of sp³-hybridized carbons (Fsp3) is 0. The molecule has 0 unspecified atom stereocenters. The fourth-order valence-corrected chi connectivity index (χ4v) is 2.73. The van der Waals surface area contributed by atoms with Crippen LogP contribution in [0.2, 0.25) is 0 Å². The Morgan fingerprint density at radius 2 is 1.83 bits per heavy atom. The van der Waals surface area contributed by atoms with Crippen LogP contribution in [-0.2, 0) is 0 Å². The molecule has 0 spiro atoms. The van der Waals surface area contributed by atoms with Gasteiger partial charge in [-0.05, 0) is 36.4 Å². The van der Waals surface area contributed by atoms with Gasteiger partial charge in [0.1, 0.15) is 0 Å². The lowest BCUT2D eigenvalue weighted by atomic mass is 10.1. The van der Waals surface area contributed by atoms with Gasteiger partial charge in [0.15, 0.2) is 5.69 Å². The first-order chi connectivity index (χ1) is 11.6. The second-order valence-electron chi connectivity index (χ2n) is 5.27. The van der Waals surface area contributed by atoms with Crippen LogP contribution in [0.3, 0.4) is 0 Å². The molecule has 0 saturated heterocycles. The molecular formula is C16H11N5O3. The van der Waals surface area contributed by atoms with Crippen LogP contribution in [0.5, 0.6) is 0 Å². The van der Waals surface area contributed by atoms with Crippen LogP contribution in [0.15, 0.2) is 42.6 Å². The third kappa shape index (κ3) is 1.93. The monoisotopic (exact) mass is 321 g/mol. The number of rotatable bonds is 3. The van der Waals surface area contributed by atoms with Gasteiger partial charge in [-0.1, -0.05) is 0 Å². The summed E-state index contributed by atoms with van der Waals surface area (Å²) in [5, 5.41) is 21.5. The Balaban J connectivity index is 1.90. The van der Waals surface area contributed by atoms with Crippen molar-refractivity contribution in [1.82, 2.24) is 20.0 Å². The first-order valence-corrected chi connectivity index (χ1v) is 7.04. The maximum absolute atomic E-state index is 11.4. The number of fused-ring (bicyclic) bond motifs is 3. The SMILES string of the molecule is NC(=O)c1n[nH]c2c1ccc1c2cnn1-c1ccc(C(=O)O)cc1. The van der Waals surface area contributed by atoms with E-state index in [9.17, 15) is 9.59 Å². The number of carbonyl (C=O) groups excluding carboxylic acids is 1. The number of carboxylic acids is 1. The van der Waals surface area contributed by atoms with Crippen molar-refractivity contribution >= 4 is 33.7 Å². The molecular weight excluding hydrogens is 310 g/mol. The number of benzene rings is 2. The fourth-order valence-electron chi connectivity index (χ4n) is 2.73. The highest BCUT2D eigenvalue weighted by Crippen LogP contribution is 2.27. The van der Waals surface area contributed by atoms with Gasteiger partial charge in [-0.15, -0.1) is 0 Å². The Hall–Kier alpha value is -3.68. The third-order valence-electron chi connectivity index (χ3n) is 3.88. The Labute approximate surface area is 134 Å². The lowest BCUT2D eigenvalue weighted by molar-refractivity contribution is 0.0696. The van der Waals surface area contributed by atoms with E-state index >= 15 is 0 Å². The highest BCUT2D eigenvalue weighted by molar-refractivity contribution is 6.12. The average Bonchev–Trinajstić information content (AvgIpc) is 3.18. The first-order valence-electron chi connectivity index (χ1n) is 7.04. The molecule has 0 saturated carbocycles. The zero-order valence-corrected chi connectivity index (χ0v) is 12.2. The lowest BCUT2D eigenvalue weighted by Gasteiger charge is -2.04. The first kappa shape index (κ1) is 13.9. The minimum Gasteiger partial charge on any atom is -0.478 e. The average molecular weight is 321 g/mol. The number of hydrogen-bond acceptors (Lipinski definition) is 4. The van der Waals surface area contributed by atoms with Gasteiger partial charge < -0.3 is 10.8 Å². The third-order valence-corrected chi connectivity index (χ3v) is 3.88. The van der Waals surface area contributed by atoms with Gasteiger partial charge in [-0.3, -0.25) is 9.89 Å². The number of aromatic carboxylic acids is 1. The summed E-state index contributed by atoms with van der Waals surface area (Å²) in [6.07, 6.45) is 1.66. The summed E-state index contributed by atoms with van der Waals surface area (Å²) in [7, 11) is 0. The highest BCUT2D eigenvalue weighted by Gasteiger charge is 2.15. The number of nitrogens with zero attached hydrogens (tertiary/aromatic N) is 3. The van der Waals surface area contributed by atoms with E-state index < -0.39 is 11.9 Å². The van der Waals surface area contributed by atoms with E-state index in [0.29, 0.717) is 10.9 Å². The number of aromatic nitrogens is 4. The van der Waals surface area contributed by atoms with Crippen molar-refractivity contribution in [3.05, 3.63) is 53.9 Å². The molecule has 0 aliphatic carbocycles. The van der Waals surface area contributed by atoms with E-state index in [1.807, 2.05) is 6.07 Å². The van der Waals surface area contributed by atoms with E-state index in [-0.39, 0.29) is 11.3 Å². The van der Waals surface area contributed by atoms with E-state index in [4.69, 9.17) is 10.8 Å². The smallest absolute Gasteiger partial charge is 0.335 e. The number of aromatic amines is 1. The van der Waals surface area contributed by atoms with Gasteiger partial charge in [-0.2, -0.15) is 10.2 Å². The Bertz CT molecular complexity index is 1110. The number of nitrogens with one attached hydrogen (secondary N) is 1. The number of primary amides is 1. The molecule has 118 valence electrons. The van der Waals surface area contributed by atoms with Gasteiger partial charge in [-0.25, -0.2) is 9.48 Å². The zero-order chi connectivity index (χ0) is 16.8. The van der Waals surface area contributed by atoms with Crippen LogP contribution in [0.25, 0.3) is 27.5 Å². The van der Waals surface area contributed by atoms with Gasteiger partial charge in [0, 0.05) is 10.8 Å². The molecule has 2 aromatic heterocycles. The number of H-pyrrole nitrogens is 1. The quantitative estimate of drug-likeness (QED) is 0.529. The molecule has 2 aromatic carbocycles. The van der Waals surface area contributed by atoms with Crippen molar-refractivity contribution in [3.63, 3.8) is 0 Å². The minimum absolute atomic E-state index is 0.186. The van der Waals surface area contributed by atoms with E-state index in [2.05, 4.69) is 15.3 Å². The van der Waals surface area contributed by atoms with Crippen LogP contribution in [-0.4, -0.2) is 37.0 Å². The van der Waals surface area contributed by atoms with Crippen LogP contribution < -0.4 is 5.73 Å². The molecule has 2 heterocycles. The summed E-state index contributed by atoms with van der Waals surface area (Å²) in [5.74, 6) is -1.58. The summed E-state index contributed by atoms with van der Waals surface area (Å²) >= 11 is 0. The van der Waals surface area contributed by atoms with Crippen molar-refractivity contribution in [1.29, 1.82) is 0 Å². The van der Waals surface area contributed by atoms with E-state index in [0.717, 1.165) is 16.6 Å². The Morgan fingerprint density at radius 1 is 1.08 bits per heavy atom. The van der Waals surface area contributed by atoms with Crippen molar-refractivity contribution in [2.75, 3.05) is 0 Å².